The van der Waals surface area contributed by atoms with Crippen LogP contribution in [0.4, 0.5) is 0 Å². The second-order valence-corrected chi connectivity index (χ2v) is 7.83. The Bertz CT molecular complexity index is 1130. The van der Waals surface area contributed by atoms with Crippen molar-refractivity contribution in [3.8, 4) is 11.5 Å². The van der Waals surface area contributed by atoms with Gasteiger partial charge in [0.1, 0.15) is 6.10 Å². The van der Waals surface area contributed by atoms with E-state index in [0.29, 0.717) is 34.8 Å². The minimum atomic E-state index is -0.569. The molecule has 172 valence electrons. The number of methoxy groups -OCH3 is 2. The summed E-state index contributed by atoms with van der Waals surface area (Å²) in [4.78, 5) is 26.2. The minimum Gasteiger partial charge on any atom is -0.493 e. The molecule has 2 aromatic rings. The molecule has 2 atom stereocenters. The van der Waals surface area contributed by atoms with E-state index >= 15 is 0 Å². The van der Waals surface area contributed by atoms with Crippen molar-refractivity contribution in [2.24, 2.45) is 0 Å². The third kappa shape index (κ3) is 4.18. The number of carbonyl (C=O) groups excluding carboxylic acids is 2. The van der Waals surface area contributed by atoms with E-state index in [0.717, 1.165) is 16.8 Å². The summed E-state index contributed by atoms with van der Waals surface area (Å²) in [7, 11) is 3.13. The summed E-state index contributed by atoms with van der Waals surface area (Å²) in [6, 6.07) is 14.9. The Hall–Kier alpha value is -3.74. The number of rotatable bonds is 6. The van der Waals surface area contributed by atoms with Gasteiger partial charge < -0.3 is 24.3 Å². The van der Waals surface area contributed by atoms with Crippen molar-refractivity contribution >= 4 is 11.9 Å². The zero-order chi connectivity index (χ0) is 23.5. The smallest absolute Gasteiger partial charge is 0.337 e. The average Bonchev–Trinajstić information content (AvgIpc) is 2.83. The van der Waals surface area contributed by atoms with Gasteiger partial charge in [0.25, 0.3) is 0 Å². The van der Waals surface area contributed by atoms with Gasteiger partial charge in [-0.15, -0.1) is 0 Å². The van der Waals surface area contributed by atoms with Crippen LogP contribution in [0.15, 0.2) is 71.1 Å². The van der Waals surface area contributed by atoms with Gasteiger partial charge in [-0.05, 0) is 37.1 Å². The topological polar surface area (TPSA) is 83.1 Å². The standard InChI is InChI=1S/C26H27NO6/c1-5-32-25(28)22-15(2)27-18-14-20(17-11-12-19(30-3)21(13-17)31-4)33-26(29)24(18)23(22)16-9-7-6-8-10-16/h6-13,20,23,27H,5,14H2,1-4H3. The van der Waals surface area contributed by atoms with E-state index in [1.54, 1.807) is 27.2 Å². The van der Waals surface area contributed by atoms with Gasteiger partial charge in [0, 0.05) is 17.8 Å². The zero-order valence-corrected chi connectivity index (χ0v) is 19.1. The highest BCUT2D eigenvalue weighted by Gasteiger charge is 2.42. The molecule has 0 radical (unpaired) electrons. The van der Waals surface area contributed by atoms with E-state index < -0.39 is 24.0 Å². The van der Waals surface area contributed by atoms with Crippen LogP contribution in [0.25, 0.3) is 0 Å². The van der Waals surface area contributed by atoms with Crippen molar-refractivity contribution in [3.05, 3.63) is 82.2 Å². The average molecular weight is 450 g/mol. The number of hydrogen-bond acceptors (Lipinski definition) is 7. The molecule has 7 nitrogen and oxygen atoms in total. The summed E-state index contributed by atoms with van der Waals surface area (Å²) in [5.74, 6) is -0.323. The molecule has 0 saturated heterocycles. The van der Waals surface area contributed by atoms with Gasteiger partial charge in [0.05, 0.1) is 37.9 Å². The number of ether oxygens (including phenoxy) is 4. The maximum atomic E-state index is 13.4. The van der Waals surface area contributed by atoms with Crippen LogP contribution in [0, 0.1) is 0 Å². The van der Waals surface area contributed by atoms with E-state index in [9.17, 15) is 9.59 Å². The number of dihydropyridines is 1. The Kier molecular flexibility index (Phi) is 6.40. The molecule has 2 unspecified atom stereocenters. The Labute approximate surface area is 193 Å². The molecule has 2 heterocycles. The molecule has 0 saturated carbocycles. The normalized spacial score (nSPS) is 19.9. The van der Waals surface area contributed by atoms with Gasteiger partial charge in [-0.3, -0.25) is 0 Å². The Balaban J connectivity index is 1.75. The molecule has 2 aliphatic heterocycles. The predicted octanol–water partition coefficient (Wildman–Crippen LogP) is 4.17. The molecule has 2 aliphatic rings. The number of nitrogens with one attached hydrogen (secondary N) is 1. The Morgan fingerprint density at radius 2 is 1.79 bits per heavy atom. The summed E-state index contributed by atoms with van der Waals surface area (Å²) in [6.45, 7) is 3.83. The maximum Gasteiger partial charge on any atom is 0.337 e. The lowest BCUT2D eigenvalue weighted by atomic mass is 9.78. The highest BCUT2D eigenvalue weighted by Crippen LogP contribution is 2.45. The SMILES string of the molecule is CCOC(=O)C1=C(C)NC2=C(C(=O)OC(c3ccc(OC)c(OC)c3)C2)C1c1ccccc1. The highest BCUT2D eigenvalue weighted by molar-refractivity contribution is 6.00. The fourth-order valence-corrected chi connectivity index (χ4v) is 4.42. The number of allylic oxidation sites excluding steroid dienone is 1. The molecule has 7 heteroatoms. The van der Waals surface area contributed by atoms with Crippen LogP contribution in [0.1, 0.15) is 43.4 Å². The molecular formula is C26H27NO6. The van der Waals surface area contributed by atoms with Gasteiger partial charge in [0.15, 0.2) is 11.5 Å². The first kappa shape index (κ1) is 22.5. The van der Waals surface area contributed by atoms with Crippen molar-refractivity contribution in [1.82, 2.24) is 5.32 Å². The third-order valence-electron chi connectivity index (χ3n) is 5.91. The van der Waals surface area contributed by atoms with Crippen molar-refractivity contribution in [2.45, 2.75) is 32.3 Å². The molecule has 0 bridgehead atoms. The maximum absolute atomic E-state index is 13.4. The Morgan fingerprint density at radius 1 is 1.06 bits per heavy atom. The minimum absolute atomic E-state index is 0.245. The van der Waals surface area contributed by atoms with Gasteiger partial charge >= 0.3 is 11.9 Å². The number of carbonyl (C=O) groups is 2. The first-order valence-corrected chi connectivity index (χ1v) is 10.8. The van der Waals surface area contributed by atoms with Gasteiger partial charge in [-0.2, -0.15) is 0 Å². The monoisotopic (exact) mass is 449 g/mol. The molecule has 0 aliphatic carbocycles. The van der Waals surface area contributed by atoms with Crippen molar-refractivity contribution in [1.29, 1.82) is 0 Å². The third-order valence-corrected chi connectivity index (χ3v) is 5.91. The van der Waals surface area contributed by atoms with Crippen LogP contribution in [-0.4, -0.2) is 32.8 Å². The number of hydrogen-bond donors (Lipinski definition) is 1. The van der Waals surface area contributed by atoms with Crippen molar-refractivity contribution < 1.29 is 28.5 Å². The van der Waals surface area contributed by atoms with Gasteiger partial charge in [0.2, 0.25) is 0 Å². The van der Waals surface area contributed by atoms with E-state index in [1.807, 2.05) is 49.4 Å². The summed E-state index contributed by atoms with van der Waals surface area (Å²) in [5.41, 5.74) is 3.89. The van der Waals surface area contributed by atoms with Crippen LogP contribution in [0.3, 0.4) is 0 Å². The summed E-state index contributed by atoms with van der Waals surface area (Å²) in [5, 5.41) is 3.29. The van der Waals surface area contributed by atoms with Crippen molar-refractivity contribution in [3.63, 3.8) is 0 Å². The summed E-state index contributed by atoms with van der Waals surface area (Å²) in [6.07, 6.45) is -0.0650. The molecule has 4 rings (SSSR count). The van der Waals surface area contributed by atoms with E-state index in [4.69, 9.17) is 18.9 Å². The van der Waals surface area contributed by atoms with E-state index in [-0.39, 0.29) is 6.61 Å². The number of benzene rings is 2. The lowest BCUT2D eigenvalue weighted by Gasteiger charge is -2.36. The molecular weight excluding hydrogens is 422 g/mol. The van der Waals surface area contributed by atoms with Gasteiger partial charge in [-0.25, -0.2) is 9.59 Å². The largest absolute Gasteiger partial charge is 0.493 e. The lowest BCUT2D eigenvalue weighted by molar-refractivity contribution is -0.146. The van der Waals surface area contributed by atoms with Crippen LogP contribution in [0.2, 0.25) is 0 Å². The van der Waals surface area contributed by atoms with Crippen LogP contribution >= 0.6 is 0 Å². The molecule has 33 heavy (non-hydrogen) atoms. The van der Waals surface area contributed by atoms with Gasteiger partial charge in [-0.1, -0.05) is 36.4 Å². The molecule has 1 N–H and O–H groups in total. The molecule has 0 amide bonds. The summed E-state index contributed by atoms with van der Waals surface area (Å²) >= 11 is 0. The summed E-state index contributed by atoms with van der Waals surface area (Å²) < 4.78 is 21.9. The quantitative estimate of drug-likeness (QED) is 0.663. The molecule has 0 aromatic heterocycles. The molecule has 0 fully saturated rings. The first-order chi connectivity index (χ1) is 16.0. The van der Waals surface area contributed by atoms with Crippen LogP contribution < -0.4 is 14.8 Å². The molecule has 0 spiro atoms. The number of esters is 2. The van der Waals surface area contributed by atoms with E-state index in [1.165, 1.54) is 0 Å². The highest BCUT2D eigenvalue weighted by atomic mass is 16.5. The molecule has 2 aromatic carbocycles. The van der Waals surface area contributed by atoms with Crippen LogP contribution in [0.5, 0.6) is 11.5 Å². The van der Waals surface area contributed by atoms with Crippen LogP contribution in [-0.2, 0) is 19.1 Å². The second kappa shape index (κ2) is 9.40. The lowest BCUT2D eigenvalue weighted by Crippen LogP contribution is -2.37. The first-order valence-electron chi connectivity index (χ1n) is 10.8. The van der Waals surface area contributed by atoms with E-state index in [2.05, 4.69) is 5.32 Å². The Morgan fingerprint density at radius 3 is 2.45 bits per heavy atom. The second-order valence-electron chi connectivity index (χ2n) is 7.83. The fraction of sp³-hybridized carbons (Fsp3) is 0.308. The number of cyclic esters (lactones) is 1. The zero-order valence-electron chi connectivity index (χ0n) is 19.1. The fourth-order valence-electron chi connectivity index (χ4n) is 4.42. The van der Waals surface area contributed by atoms with Crippen molar-refractivity contribution in [2.75, 3.05) is 20.8 Å². The predicted molar refractivity (Wildman–Crippen MR) is 122 cm³/mol.